The average molecular weight is 160 g/mol. The molecule has 0 heterocycles. The summed E-state index contributed by atoms with van der Waals surface area (Å²) < 4.78 is 0. The molecule has 0 bridgehead atoms. The number of aliphatic carboxylic acids is 1. The van der Waals surface area contributed by atoms with Gasteiger partial charge >= 0.3 is 5.97 Å². The van der Waals surface area contributed by atoms with Crippen molar-refractivity contribution in [3.63, 3.8) is 0 Å². The average Bonchev–Trinajstić information content (AvgIpc) is 1.88. The zero-order chi connectivity index (χ0) is 8.85. The molecule has 0 aliphatic heterocycles. The minimum absolute atomic E-state index is 0.497. The molecule has 0 aliphatic rings. The highest BCUT2D eigenvalue weighted by atomic mass is 16.4. The summed E-state index contributed by atoms with van der Waals surface area (Å²) in [6, 6.07) is 0. The van der Waals surface area contributed by atoms with Crippen molar-refractivity contribution in [2.45, 2.75) is 39.2 Å². The summed E-state index contributed by atoms with van der Waals surface area (Å²) in [5.41, 5.74) is 0. The zero-order valence-electron chi connectivity index (χ0n) is 7.08. The van der Waals surface area contributed by atoms with E-state index < -0.39 is 18.0 Å². The minimum atomic E-state index is -0.895. The van der Waals surface area contributed by atoms with E-state index in [1.165, 1.54) is 0 Å². The van der Waals surface area contributed by atoms with Crippen molar-refractivity contribution in [1.29, 1.82) is 0 Å². The molecule has 0 aliphatic carbocycles. The maximum absolute atomic E-state index is 10.5. The van der Waals surface area contributed by atoms with E-state index in [1.807, 2.05) is 6.92 Å². The first kappa shape index (κ1) is 10.4. The van der Waals surface area contributed by atoms with E-state index in [0.717, 1.165) is 6.42 Å². The predicted molar refractivity (Wildman–Crippen MR) is 42.3 cm³/mol. The van der Waals surface area contributed by atoms with E-state index in [1.54, 1.807) is 6.92 Å². The number of carboxylic acids is 1. The second-order valence-electron chi connectivity index (χ2n) is 2.71. The lowest BCUT2D eigenvalue weighted by molar-refractivity contribution is -0.146. The molecule has 3 heteroatoms. The fourth-order valence-corrected chi connectivity index (χ4v) is 1.11. The second kappa shape index (κ2) is 5.13. The highest BCUT2D eigenvalue weighted by molar-refractivity contribution is 5.70. The first-order valence-corrected chi connectivity index (χ1v) is 4.04. The highest BCUT2D eigenvalue weighted by Crippen LogP contribution is 2.13. The van der Waals surface area contributed by atoms with Crippen LogP contribution in [0, 0.1) is 5.92 Å². The fourth-order valence-electron chi connectivity index (χ4n) is 1.11. The molecule has 2 atom stereocenters. The molecular weight excluding hydrogens is 144 g/mol. The zero-order valence-corrected chi connectivity index (χ0v) is 7.08. The third-order valence-corrected chi connectivity index (χ3v) is 1.81. The van der Waals surface area contributed by atoms with Crippen LogP contribution in [0.25, 0.3) is 0 Å². The molecule has 0 saturated carbocycles. The van der Waals surface area contributed by atoms with Gasteiger partial charge in [-0.1, -0.05) is 20.3 Å². The van der Waals surface area contributed by atoms with Crippen LogP contribution in [-0.2, 0) is 4.79 Å². The molecule has 0 amide bonds. The predicted octanol–water partition coefficient (Wildman–Crippen LogP) is 1.26. The summed E-state index contributed by atoms with van der Waals surface area (Å²) in [6.07, 6.45) is 1.22. The Morgan fingerprint density at radius 1 is 1.45 bits per heavy atom. The van der Waals surface area contributed by atoms with Crippen LogP contribution >= 0.6 is 0 Å². The second-order valence-corrected chi connectivity index (χ2v) is 2.71. The third-order valence-electron chi connectivity index (χ3n) is 1.81. The number of carboxylic acid groups (broad SMARTS) is 1. The van der Waals surface area contributed by atoms with Crippen molar-refractivity contribution < 1.29 is 15.0 Å². The molecule has 66 valence electrons. The number of hydrogen-bond acceptors (Lipinski definition) is 2. The fraction of sp³-hybridized carbons (Fsp3) is 0.875. The summed E-state index contributed by atoms with van der Waals surface area (Å²) in [4.78, 5) is 10.5. The first-order chi connectivity index (χ1) is 5.13. The normalized spacial score (nSPS) is 15.9. The molecular formula is C8H16O3. The molecule has 2 N–H and O–H groups in total. The lowest BCUT2D eigenvalue weighted by atomic mass is 9.96. The van der Waals surface area contributed by atoms with Gasteiger partial charge < -0.3 is 10.2 Å². The van der Waals surface area contributed by atoms with Gasteiger partial charge in [0.05, 0.1) is 12.0 Å². The highest BCUT2D eigenvalue weighted by Gasteiger charge is 2.23. The molecule has 3 nitrogen and oxygen atoms in total. The van der Waals surface area contributed by atoms with E-state index in [4.69, 9.17) is 5.11 Å². The van der Waals surface area contributed by atoms with E-state index in [9.17, 15) is 9.90 Å². The Morgan fingerprint density at radius 2 is 2.00 bits per heavy atom. The van der Waals surface area contributed by atoms with Gasteiger partial charge in [-0.3, -0.25) is 4.79 Å². The number of aliphatic hydroxyl groups is 1. The van der Waals surface area contributed by atoms with E-state index >= 15 is 0 Å². The van der Waals surface area contributed by atoms with Crippen LogP contribution in [0.5, 0.6) is 0 Å². The maximum atomic E-state index is 10.5. The van der Waals surface area contributed by atoms with Gasteiger partial charge in [0.25, 0.3) is 0 Å². The molecule has 2 unspecified atom stereocenters. The van der Waals surface area contributed by atoms with Gasteiger partial charge in [-0.25, -0.2) is 0 Å². The van der Waals surface area contributed by atoms with Gasteiger partial charge in [0.15, 0.2) is 0 Å². The van der Waals surface area contributed by atoms with Crippen molar-refractivity contribution in [2.75, 3.05) is 0 Å². The van der Waals surface area contributed by atoms with Gasteiger partial charge in [-0.15, -0.1) is 0 Å². The van der Waals surface area contributed by atoms with Gasteiger partial charge in [0.1, 0.15) is 0 Å². The van der Waals surface area contributed by atoms with Crippen molar-refractivity contribution >= 4 is 5.97 Å². The van der Waals surface area contributed by atoms with Crippen molar-refractivity contribution in [3.05, 3.63) is 0 Å². The van der Waals surface area contributed by atoms with E-state index in [2.05, 4.69) is 0 Å². The lowest BCUT2D eigenvalue weighted by Gasteiger charge is -2.15. The summed E-state index contributed by atoms with van der Waals surface area (Å²) in [7, 11) is 0. The van der Waals surface area contributed by atoms with Crippen molar-refractivity contribution in [1.82, 2.24) is 0 Å². The summed E-state index contributed by atoms with van der Waals surface area (Å²) in [5, 5.41) is 17.9. The Bertz CT molecular complexity index is 123. The topological polar surface area (TPSA) is 57.5 Å². The number of rotatable bonds is 5. The van der Waals surface area contributed by atoms with E-state index in [-0.39, 0.29) is 0 Å². The maximum Gasteiger partial charge on any atom is 0.309 e. The van der Waals surface area contributed by atoms with Crippen molar-refractivity contribution in [3.8, 4) is 0 Å². The molecule has 0 aromatic heterocycles. The SMILES string of the molecule is CCCC(O)C(CC)C(=O)O. The third kappa shape index (κ3) is 3.37. The van der Waals surface area contributed by atoms with Gasteiger partial charge in [-0.2, -0.15) is 0 Å². The van der Waals surface area contributed by atoms with Gasteiger partial charge in [-0.05, 0) is 12.8 Å². The van der Waals surface area contributed by atoms with Crippen LogP contribution in [0.3, 0.4) is 0 Å². The van der Waals surface area contributed by atoms with Crippen LogP contribution in [0.2, 0.25) is 0 Å². The van der Waals surface area contributed by atoms with Gasteiger partial charge in [0, 0.05) is 0 Å². The number of aliphatic hydroxyl groups excluding tert-OH is 1. The molecule has 11 heavy (non-hydrogen) atoms. The Kier molecular flexibility index (Phi) is 4.86. The van der Waals surface area contributed by atoms with Crippen molar-refractivity contribution in [2.24, 2.45) is 5.92 Å². The Hall–Kier alpha value is -0.570. The quantitative estimate of drug-likeness (QED) is 0.636. The molecule has 0 spiro atoms. The molecule has 0 aromatic carbocycles. The largest absolute Gasteiger partial charge is 0.481 e. The Labute approximate surface area is 67.0 Å². The summed E-state index contributed by atoms with van der Waals surface area (Å²) in [6.45, 7) is 3.70. The van der Waals surface area contributed by atoms with Crippen LogP contribution in [0.15, 0.2) is 0 Å². The molecule has 0 aromatic rings. The first-order valence-electron chi connectivity index (χ1n) is 4.04. The summed E-state index contributed by atoms with van der Waals surface area (Å²) in [5.74, 6) is -1.48. The lowest BCUT2D eigenvalue weighted by Crippen LogP contribution is -2.27. The monoisotopic (exact) mass is 160 g/mol. The summed E-state index contributed by atoms with van der Waals surface area (Å²) >= 11 is 0. The van der Waals surface area contributed by atoms with Gasteiger partial charge in [0.2, 0.25) is 0 Å². The van der Waals surface area contributed by atoms with Crippen LogP contribution in [-0.4, -0.2) is 22.3 Å². The Morgan fingerprint density at radius 3 is 2.27 bits per heavy atom. The standard InChI is InChI=1S/C8H16O3/c1-3-5-7(9)6(4-2)8(10)11/h6-7,9H,3-5H2,1-2H3,(H,10,11). The van der Waals surface area contributed by atoms with E-state index in [0.29, 0.717) is 12.8 Å². The van der Waals surface area contributed by atoms with Crippen LogP contribution < -0.4 is 0 Å². The Balaban J connectivity index is 3.91. The minimum Gasteiger partial charge on any atom is -0.481 e. The molecule has 0 rings (SSSR count). The smallest absolute Gasteiger partial charge is 0.309 e. The van der Waals surface area contributed by atoms with Crippen LogP contribution in [0.1, 0.15) is 33.1 Å². The molecule has 0 saturated heterocycles. The molecule has 0 radical (unpaired) electrons. The number of carbonyl (C=O) groups is 1. The number of hydrogen-bond donors (Lipinski definition) is 2. The van der Waals surface area contributed by atoms with Crippen LogP contribution in [0.4, 0.5) is 0 Å². The molecule has 0 fully saturated rings.